The molecule has 2 aliphatic heterocycles. The van der Waals surface area contributed by atoms with E-state index < -0.39 is 88.0 Å². The average Bonchev–Trinajstić information content (AvgIpc) is 3.42. The van der Waals surface area contributed by atoms with Crippen LogP contribution in [0.3, 0.4) is 0 Å². The van der Waals surface area contributed by atoms with Crippen molar-refractivity contribution < 1.29 is 68.7 Å². The second-order valence-corrected chi connectivity index (χ2v) is 9.22. The van der Waals surface area contributed by atoms with Gasteiger partial charge in [-0.15, -0.1) is 0 Å². The molecule has 16 heteroatoms. The van der Waals surface area contributed by atoms with Crippen LogP contribution in [-0.2, 0) is 48.2 Å². The van der Waals surface area contributed by atoms with Crippen molar-refractivity contribution >= 4 is 34.0 Å². The zero-order valence-electron chi connectivity index (χ0n) is 16.6. The molecule has 3 aliphatic rings. The van der Waals surface area contributed by atoms with Gasteiger partial charge in [-0.2, -0.15) is 26.0 Å². The predicted molar refractivity (Wildman–Crippen MR) is 92.1 cm³/mol. The van der Waals surface area contributed by atoms with Crippen molar-refractivity contribution in [3.05, 3.63) is 0 Å². The standard InChI is InChI=1S/C17H18F4O11S/c18-16(19,17(20,21)33(26,27)28)9-6-7(12(22)31-10-1-3-29-14(10)24)5-8(9)13(23)32-11-2-4-30-15(11)25/h7-11H,1-6H2,(H,26,27,28). The summed E-state index contributed by atoms with van der Waals surface area (Å²) in [7, 11) is -6.63. The smallest absolute Gasteiger partial charge is 0.431 e. The van der Waals surface area contributed by atoms with Crippen molar-refractivity contribution in [2.24, 2.45) is 17.8 Å². The molecule has 0 spiro atoms. The van der Waals surface area contributed by atoms with Crippen molar-refractivity contribution in [1.29, 1.82) is 0 Å². The molecule has 5 unspecified atom stereocenters. The molecule has 5 atom stereocenters. The number of esters is 4. The molecular formula is C17H18F4O11S. The molecular weight excluding hydrogens is 488 g/mol. The van der Waals surface area contributed by atoms with Crippen LogP contribution in [0.4, 0.5) is 17.6 Å². The normalized spacial score (nSPS) is 30.6. The van der Waals surface area contributed by atoms with Crippen molar-refractivity contribution in [3.8, 4) is 0 Å². The largest absolute Gasteiger partial charge is 0.463 e. The molecule has 2 saturated heterocycles. The minimum absolute atomic E-state index is 0.0348. The van der Waals surface area contributed by atoms with Crippen LogP contribution in [0.1, 0.15) is 25.7 Å². The molecule has 3 rings (SSSR count). The maximum Gasteiger partial charge on any atom is 0.431 e. The third kappa shape index (κ3) is 4.62. The van der Waals surface area contributed by atoms with Gasteiger partial charge in [0.1, 0.15) is 0 Å². The van der Waals surface area contributed by atoms with Crippen LogP contribution in [0.25, 0.3) is 0 Å². The van der Waals surface area contributed by atoms with Crippen LogP contribution in [0.2, 0.25) is 0 Å². The Morgan fingerprint density at radius 3 is 1.82 bits per heavy atom. The first-order chi connectivity index (χ1) is 15.2. The van der Waals surface area contributed by atoms with Gasteiger partial charge in [0.25, 0.3) is 0 Å². The summed E-state index contributed by atoms with van der Waals surface area (Å²) in [6.45, 7) is -0.219. The van der Waals surface area contributed by atoms with Gasteiger partial charge in [-0.3, -0.25) is 14.1 Å². The molecule has 3 fully saturated rings. The third-order valence-electron chi connectivity index (χ3n) is 5.67. The minimum Gasteiger partial charge on any atom is -0.463 e. The first-order valence-electron chi connectivity index (χ1n) is 9.63. The van der Waals surface area contributed by atoms with Crippen LogP contribution in [0.15, 0.2) is 0 Å². The van der Waals surface area contributed by atoms with Crippen molar-refractivity contribution in [2.75, 3.05) is 13.2 Å². The van der Waals surface area contributed by atoms with Crippen molar-refractivity contribution in [1.82, 2.24) is 0 Å². The molecule has 0 aromatic heterocycles. The van der Waals surface area contributed by atoms with Gasteiger partial charge in [0.2, 0.25) is 12.2 Å². The second-order valence-electron chi connectivity index (χ2n) is 7.76. The molecule has 0 aromatic carbocycles. The second kappa shape index (κ2) is 8.70. The van der Waals surface area contributed by atoms with E-state index in [-0.39, 0.29) is 26.1 Å². The van der Waals surface area contributed by atoms with E-state index in [0.29, 0.717) is 0 Å². The lowest BCUT2D eigenvalue weighted by Gasteiger charge is -2.31. The number of carbonyl (C=O) groups is 4. The zero-order valence-corrected chi connectivity index (χ0v) is 17.4. The average molecular weight is 506 g/mol. The number of cyclic esters (lactones) is 2. The molecule has 0 amide bonds. The Morgan fingerprint density at radius 2 is 1.39 bits per heavy atom. The Hall–Kier alpha value is -2.49. The van der Waals surface area contributed by atoms with E-state index in [9.17, 15) is 45.2 Å². The third-order valence-corrected chi connectivity index (χ3v) is 6.59. The van der Waals surface area contributed by atoms with E-state index in [1.807, 2.05) is 0 Å². The van der Waals surface area contributed by atoms with E-state index in [1.165, 1.54) is 0 Å². The van der Waals surface area contributed by atoms with Crippen molar-refractivity contribution in [3.63, 3.8) is 0 Å². The Labute approximate surface area is 183 Å². The van der Waals surface area contributed by atoms with Crippen LogP contribution >= 0.6 is 0 Å². The highest BCUT2D eigenvalue weighted by molar-refractivity contribution is 7.87. The molecule has 1 saturated carbocycles. The molecule has 1 aliphatic carbocycles. The van der Waals surface area contributed by atoms with Gasteiger partial charge >= 0.3 is 45.2 Å². The fourth-order valence-electron chi connectivity index (χ4n) is 3.91. The fourth-order valence-corrected chi connectivity index (χ4v) is 4.41. The maximum absolute atomic E-state index is 14.7. The lowest BCUT2D eigenvalue weighted by Crippen LogP contribution is -2.53. The molecule has 1 N–H and O–H groups in total. The molecule has 186 valence electrons. The Kier molecular flexibility index (Phi) is 6.63. The first-order valence-corrected chi connectivity index (χ1v) is 11.1. The highest BCUT2D eigenvalue weighted by atomic mass is 32.2. The number of alkyl halides is 4. The van der Waals surface area contributed by atoms with E-state index in [4.69, 9.17) is 14.0 Å². The summed E-state index contributed by atoms with van der Waals surface area (Å²) in [4.78, 5) is 47.8. The molecule has 33 heavy (non-hydrogen) atoms. The van der Waals surface area contributed by atoms with E-state index in [1.54, 1.807) is 0 Å². The van der Waals surface area contributed by atoms with E-state index in [0.717, 1.165) is 0 Å². The van der Waals surface area contributed by atoms with Gasteiger partial charge in [0.05, 0.1) is 25.0 Å². The van der Waals surface area contributed by atoms with Gasteiger partial charge in [0, 0.05) is 18.8 Å². The van der Waals surface area contributed by atoms with E-state index >= 15 is 0 Å². The monoisotopic (exact) mass is 506 g/mol. The van der Waals surface area contributed by atoms with Gasteiger partial charge in [-0.25, -0.2) is 9.59 Å². The Morgan fingerprint density at radius 1 is 0.909 bits per heavy atom. The van der Waals surface area contributed by atoms with Crippen LogP contribution < -0.4 is 0 Å². The summed E-state index contributed by atoms with van der Waals surface area (Å²) in [5.41, 5.74) is 0. The number of hydrogen-bond acceptors (Lipinski definition) is 10. The molecule has 2 heterocycles. The van der Waals surface area contributed by atoms with Crippen LogP contribution in [0.5, 0.6) is 0 Å². The molecule has 0 radical (unpaired) electrons. The topological polar surface area (TPSA) is 160 Å². The van der Waals surface area contributed by atoms with Gasteiger partial charge in [-0.1, -0.05) is 0 Å². The molecule has 0 aromatic rings. The summed E-state index contributed by atoms with van der Waals surface area (Å²) < 4.78 is 107. The zero-order chi connectivity index (χ0) is 24.8. The fraction of sp³-hybridized carbons (Fsp3) is 0.765. The van der Waals surface area contributed by atoms with Gasteiger partial charge in [-0.05, 0) is 12.8 Å². The maximum atomic E-state index is 14.7. The number of ether oxygens (including phenoxy) is 4. The predicted octanol–water partition coefficient (Wildman–Crippen LogP) is 0.462. The summed E-state index contributed by atoms with van der Waals surface area (Å²) in [5.74, 6) is -16.9. The SMILES string of the molecule is O=C(OC1CCOC1=O)C1CC(C(=O)OC2CCOC2=O)C(C(F)(F)C(F)(F)S(=O)(=O)O)C1. The summed E-state index contributed by atoms with van der Waals surface area (Å²) >= 11 is 0. The Bertz CT molecular complexity index is 951. The number of rotatable bonds is 7. The van der Waals surface area contributed by atoms with Gasteiger partial charge in [0.15, 0.2) is 0 Å². The number of halogens is 4. The quantitative estimate of drug-likeness (QED) is 0.221. The molecule has 0 bridgehead atoms. The number of carbonyl (C=O) groups excluding carboxylic acids is 4. The lowest BCUT2D eigenvalue weighted by molar-refractivity contribution is -0.206. The van der Waals surface area contributed by atoms with Crippen LogP contribution in [-0.4, -0.2) is 73.4 Å². The van der Waals surface area contributed by atoms with Gasteiger partial charge < -0.3 is 18.9 Å². The Balaban J connectivity index is 1.86. The highest BCUT2D eigenvalue weighted by Crippen LogP contribution is 2.53. The molecule has 11 nitrogen and oxygen atoms in total. The summed E-state index contributed by atoms with van der Waals surface area (Å²) in [5, 5.41) is -6.01. The minimum atomic E-state index is -6.63. The van der Waals surface area contributed by atoms with Crippen LogP contribution in [0, 0.1) is 17.8 Å². The highest BCUT2D eigenvalue weighted by Gasteiger charge is 2.72. The first kappa shape index (κ1) is 25.1. The van der Waals surface area contributed by atoms with Crippen molar-refractivity contribution in [2.45, 2.75) is 49.1 Å². The summed E-state index contributed by atoms with van der Waals surface area (Å²) in [6.07, 6.45) is -5.00. The summed E-state index contributed by atoms with van der Waals surface area (Å²) in [6, 6.07) is 0. The lowest BCUT2D eigenvalue weighted by atomic mass is 9.89. The number of hydrogen-bond donors (Lipinski definition) is 1. The van der Waals surface area contributed by atoms with E-state index in [2.05, 4.69) is 9.47 Å².